The average Bonchev–Trinajstić information content (AvgIpc) is 2.82. The van der Waals surface area contributed by atoms with Crippen LogP contribution in [0.25, 0.3) is 0 Å². The van der Waals surface area contributed by atoms with Gasteiger partial charge in [0.15, 0.2) is 0 Å². The number of halogens is 1. The van der Waals surface area contributed by atoms with Gasteiger partial charge in [-0.1, -0.05) is 89.5 Å². The maximum absolute atomic E-state index is 13.8. The van der Waals surface area contributed by atoms with Crippen LogP contribution in [0.5, 0.6) is 0 Å². The summed E-state index contributed by atoms with van der Waals surface area (Å²) in [5, 5.41) is 16.0. The van der Waals surface area contributed by atoms with Crippen molar-refractivity contribution in [3.63, 3.8) is 0 Å². The first-order valence-electron chi connectivity index (χ1n) is 15.1. The van der Waals surface area contributed by atoms with Gasteiger partial charge in [0.2, 0.25) is 11.8 Å². The maximum Gasteiger partial charge on any atom is 0.226 e. The van der Waals surface area contributed by atoms with Crippen molar-refractivity contribution >= 4 is 41.0 Å². The molecule has 0 aliphatic heterocycles. The van der Waals surface area contributed by atoms with Crippen LogP contribution < -0.4 is 19.7 Å². The highest BCUT2D eigenvalue weighted by Gasteiger charge is 2.59. The van der Waals surface area contributed by atoms with Crippen molar-refractivity contribution in [3.8, 4) is 0 Å². The number of unbranched alkanes of at least 4 members (excludes halogenated alkanes) is 3. The van der Waals surface area contributed by atoms with Gasteiger partial charge in [-0.05, 0) is 61.3 Å². The lowest BCUT2D eigenvalue weighted by atomic mass is 9.46. The van der Waals surface area contributed by atoms with Gasteiger partial charge >= 0.3 is 0 Å². The zero-order chi connectivity index (χ0) is 32.9. The molecule has 244 valence electrons. The molecule has 9 heteroatoms. The molecule has 0 spiro atoms. The average molecular weight is 697 g/mol. The molecule has 5 N–H and O–H groups in total. The van der Waals surface area contributed by atoms with Crippen molar-refractivity contribution in [2.75, 3.05) is 20.1 Å². The SMILES string of the molecule is CC(O)CNC(=O)C(C)(CC(C)(C)C)C(C)(C)C(C)(C)CC(C)(C(=O)NCCCCCC=O)C(C)(C)C.CNNI. The van der Waals surface area contributed by atoms with Gasteiger partial charge in [0, 0.05) is 42.4 Å². The van der Waals surface area contributed by atoms with Gasteiger partial charge in [0.05, 0.1) is 16.9 Å². The second-order valence-corrected chi connectivity index (χ2v) is 16.1. The Morgan fingerprint density at radius 3 is 1.68 bits per heavy atom. The van der Waals surface area contributed by atoms with E-state index in [2.05, 4.69) is 95.9 Å². The Morgan fingerprint density at radius 2 is 1.29 bits per heavy atom. The van der Waals surface area contributed by atoms with Crippen LogP contribution in [0.2, 0.25) is 0 Å². The van der Waals surface area contributed by atoms with Crippen molar-refractivity contribution in [2.24, 2.45) is 32.5 Å². The van der Waals surface area contributed by atoms with E-state index in [-0.39, 0.29) is 29.2 Å². The van der Waals surface area contributed by atoms with Crippen LogP contribution in [0.15, 0.2) is 0 Å². The quantitative estimate of drug-likeness (QED) is 0.0422. The molecule has 0 radical (unpaired) electrons. The zero-order valence-electron chi connectivity index (χ0n) is 28.9. The van der Waals surface area contributed by atoms with Gasteiger partial charge in [-0.15, -0.1) is 0 Å². The van der Waals surface area contributed by atoms with Crippen LogP contribution in [-0.2, 0) is 14.4 Å². The number of carbonyl (C=O) groups excluding carboxylic acids is 3. The summed E-state index contributed by atoms with van der Waals surface area (Å²) in [4.78, 5) is 38.0. The second kappa shape index (κ2) is 17.5. The molecule has 0 fully saturated rings. The zero-order valence-corrected chi connectivity index (χ0v) is 31.0. The smallest absolute Gasteiger partial charge is 0.226 e. The molecular formula is C32H65IN4O4. The van der Waals surface area contributed by atoms with Gasteiger partial charge in [-0.2, -0.15) is 3.64 Å². The molecule has 0 rings (SSSR count). The maximum atomic E-state index is 13.8. The minimum absolute atomic E-state index is 0.0374. The standard InChI is InChI=1S/C31H60N2O4.CH5IN2/c1-23(35)20-33-25(37)31(13,21-26(2,3)4)29(10,11)28(8,9)22-30(12,27(5,6)7)24(36)32-18-16-14-15-17-19-34;1-3-4-2/h19,23,35H,14-18,20-22H2,1-13H3,(H,32,36)(H,33,37);3-4H,1H3. The van der Waals surface area contributed by atoms with E-state index >= 15 is 0 Å². The highest BCUT2D eigenvalue weighted by atomic mass is 127. The number of rotatable bonds is 16. The van der Waals surface area contributed by atoms with E-state index in [0.29, 0.717) is 25.8 Å². The molecule has 3 atom stereocenters. The van der Waals surface area contributed by atoms with E-state index in [0.717, 1.165) is 25.5 Å². The first kappa shape index (κ1) is 42.4. The number of aliphatic hydroxyl groups excluding tert-OH is 1. The molecule has 3 unspecified atom stereocenters. The number of aldehydes is 1. The lowest BCUT2D eigenvalue weighted by Crippen LogP contribution is -2.58. The highest BCUT2D eigenvalue weighted by Crippen LogP contribution is 2.61. The number of hydrazine groups is 1. The van der Waals surface area contributed by atoms with Gasteiger partial charge in [0.1, 0.15) is 6.29 Å². The molecule has 0 saturated carbocycles. The third kappa shape index (κ3) is 13.2. The Balaban J connectivity index is 0. The monoisotopic (exact) mass is 696 g/mol. The minimum Gasteiger partial charge on any atom is -0.392 e. The molecule has 0 aromatic heterocycles. The highest BCUT2D eigenvalue weighted by molar-refractivity contribution is 14.1. The fraction of sp³-hybridized carbons (Fsp3) is 0.906. The van der Waals surface area contributed by atoms with E-state index in [4.69, 9.17) is 0 Å². The molecule has 2 amide bonds. The molecule has 8 nitrogen and oxygen atoms in total. The first-order chi connectivity index (χ1) is 18.4. The summed E-state index contributed by atoms with van der Waals surface area (Å²) in [6, 6.07) is 0. The third-order valence-corrected chi connectivity index (χ3v) is 9.88. The van der Waals surface area contributed by atoms with E-state index in [1.165, 1.54) is 0 Å². The van der Waals surface area contributed by atoms with Gasteiger partial charge in [0.25, 0.3) is 0 Å². The number of amides is 2. The summed E-state index contributed by atoms with van der Waals surface area (Å²) >= 11 is 1.99. The first-order valence-corrected chi connectivity index (χ1v) is 16.2. The number of aliphatic hydroxyl groups is 1. The Kier molecular flexibility index (Phi) is 18.1. The normalized spacial score (nSPS) is 16.4. The van der Waals surface area contributed by atoms with E-state index in [1.807, 2.05) is 36.8 Å². The molecule has 0 aliphatic rings. The lowest BCUT2D eigenvalue weighted by molar-refractivity contribution is -0.156. The van der Waals surface area contributed by atoms with Crippen LogP contribution in [0, 0.1) is 32.5 Å². The van der Waals surface area contributed by atoms with Crippen molar-refractivity contribution in [2.45, 2.75) is 135 Å². The minimum atomic E-state index is -0.739. The van der Waals surface area contributed by atoms with Crippen LogP contribution in [0.3, 0.4) is 0 Å². The van der Waals surface area contributed by atoms with Crippen LogP contribution >= 0.6 is 22.9 Å². The summed E-state index contributed by atoms with van der Waals surface area (Å²) in [5.74, 6) is -0.0195. The van der Waals surface area contributed by atoms with Gasteiger partial charge in [-0.3, -0.25) is 15.0 Å². The van der Waals surface area contributed by atoms with Gasteiger partial charge in [-0.25, -0.2) is 0 Å². The van der Waals surface area contributed by atoms with E-state index in [1.54, 1.807) is 6.92 Å². The Bertz CT molecular complexity index is 801. The van der Waals surface area contributed by atoms with E-state index < -0.39 is 27.8 Å². The van der Waals surface area contributed by atoms with E-state index in [9.17, 15) is 19.5 Å². The fourth-order valence-electron chi connectivity index (χ4n) is 5.55. The van der Waals surface area contributed by atoms with Crippen molar-refractivity contribution in [3.05, 3.63) is 0 Å². The Morgan fingerprint density at radius 1 is 0.805 bits per heavy atom. The summed E-state index contributed by atoms with van der Waals surface area (Å²) in [5.41, 5.74) is -0.0285. The van der Waals surface area contributed by atoms with Crippen LogP contribution in [0.4, 0.5) is 0 Å². The molecule has 0 saturated heterocycles. The predicted molar refractivity (Wildman–Crippen MR) is 180 cm³/mol. The number of hydrogen-bond donors (Lipinski definition) is 5. The third-order valence-electron chi connectivity index (χ3n) is 9.35. The van der Waals surface area contributed by atoms with Gasteiger partial charge < -0.3 is 20.5 Å². The number of carbonyl (C=O) groups is 3. The number of nitrogens with one attached hydrogen (secondary N) is 4. The second-order valence-electron chi connectivity index (χ2n) is 15.5. The molecule has 0 aliphatic carbocycles. The molecule has 0 aromatic carbocycles. The topological polar surface area (TPSA) is 120 Å². The summed E-state index contributed by atoms with van der Waals surface area (Å²) < 4.78 is 2.65. The molecule has 0 heterocycles. The predicted octanol–water partition coefficient (Wildman–Crippen LogP) is 6.36. The Labute approximate surface area is 266 Å². The molecule has 41 heavy (non-hydrogen) atoms. The summed E-state index contributed by atoms with van der Waals surface area (Å²) in [6.07, 6.45) is 4.77. The largest absolute Gasteiger partial charge is 0.392 e. The van der Waals surface area contributed by atoms with Crippen molar-refractivity contribution < 1.29 is 19.5 Å². The van der Waals surface area contributed by atoms with Crippen molar-refractivity contribution in [1.82, 2.24) is 19.7 Å². The molecule has 0 aromatic rings. The lowest BCUT2D eigenvalue weighted by Gasteiger charge is -2.57. The molecule has 0 bridgehead atoms. The summed E-state index contributed by atoms with van der Waals surface area (Å²) in [6.45, 7) is 28.1. The van der Waals surface area contributed by atoms with Crippen molar-refractivity contribution in [1.29, 1.82) is 0 Å². The Hall–Kier alpha value is -0.780. The van der Waals surface area contributed by atoms with Crippen LogP contribution in [-0.4, -0.2) is 49.4 Å². The van der Waals surface area contributed by atoms with Crippen LogP contribution in [0.1, 0.15) is 129 Å². The fourth-order valence-corrected chi connectivity index (χ4v) is 5.55. The molecular weight excluding hydrogens is 631 g/mol. The number of hydrogen-bond acceptors (Lipinski definition) is 6. The summed E-state index contributed by atoms with van der Waals surface area (Å²) in [7, 11) is 1.81.